The maximum Gasteiger partial charge on any atom is 0.0723 e. The van der Waals surface area contributed by atoms with Gasteiger partial charge in [-0.05, 0) is 30.7 Å². The van der Waals surface area contributed by atoms with Gasteiger partial charge in [0.15, 0.2) is 0 Å². The maximum absolute atomic E-state index is 6.16. The molecule has 0 aliphatic rings. The molecular formula is C13H16N2S. The fourth-order valence-electron chi connectivity index (χ4n) is 1.56. The third-order valence-corrected chi connectivity index (χ3v) is 4.04. The molecular weight excluding hydrogens is 216 g/mol. The molecule has 0 saturated carbocycles. The highest BCUT2D eigenvalue weighted by Gasteiger charge is 2.08. The van der Waals surface area contributed by atoms with Crippen molar-refractivity contribution in [2.75, 3.05) is 5.73 Å². The number of nitrogens with two attached hydrogens (primary N) is 1. The molecule has 0 saturated heterocycles. The standard InChI is InChI=1S/C13H16N2S/c1-3-9(2)16-12-7-6-11-10(13(12)14)5-4-8-15-11/h4-9H,3,14H2,1-2H3. The van der Waals surface area contributed by atoms with E-state index in [9.17, 15) is 0 Å². The largest absolute Gasteiger partial charge is 0.397 e. The van der Waals surface area contributed by atoms with E-state index >= 15 is 0 Å². The van der Waals surface area contributed by atoms with Crippen LogP contribution < -0.4 is 5.73 Å². The van der Waals surface area contributed by atoms with Gasteiger partial charge in [-0.1, -0.05) is 13.8 Å². The number of nitrogens with zero attached hydrogens (tertiary/aromatic N) is 1. The lowest BCUT2D eigenvalue weighted by Gasteiger charge is -2.12. The molecule has 0 amide bonds. The lowest BCUT2D eigenvalue weighted by molar-refractivity contribution is 0.906. The molecule has 1 aromatic carbocycles. The van der Waals surface area contributed by atoms with E-state index in [0.29, 0.717) is 5.25 Å². The molecule has 2 N–H and O–H groups in total. The maximum atomic E-state index is 6.16. The number of anilines is 1. The number of pyridine rings is 1. The van der Waals surface area contributed by atoms with Gasteiger partial charge < -0.3 is 5.73 Å². The highest BCUT2D eigenvalue weighted by atomic mass is 32.2. The molecule has 1 heterocycles. The Morgan fingerprint density at radius 3 is 2.94 bits per heavy atom. The first-order chi connectivity index (χ1) is 7.72. The van der Waals surface area contributed by atoms with Crippen LogP contribution in [0.15, 0.2) is 35.4 Å². The minimum Gasteiger partial charge on any atom is -0.397 e. The Hall–Kier alpha value is -1.22. The monoisotopic (exact) mass is 232 g/mol. The molecule has 0 aliphatic heterocycles. The van der Waals surface area contributed by atoms with Gasteiger partial charge >= 0.3 is 0 Å². The number of fused-ring (bicyclic) bond motifs is 1. The number of thioether (sulfide) groups is 1. The Bertz CT molecular complexity index is 496. The molecule has 1 atom stereocenters. The van der Waals surface area contributed by atoms with Crippen LogP contribution in [0.4, 0.5) is 5.69 Å². The van der Waals surface area contributed by atoms with Gasteiger partial charge in [0.25, 0.3) is 0 Å². The van der Waals surface area contributed by atoms with E-state index in [4.69, 9.17) is 5.73 Å². The van der Waals surface area contributed by atoms with E-state index in [-0.39, 0.29) is 0 Å². The Balaban J connectivity index is 2.44. The normalized spacial score (nSPS) is 12.9. The van der Waals surface area contributed by atoms with Gasteiger partial charge in [-0.3, -0.25) is 4.98 Å². The number of nitrogen functional groups attached to an aromatic ring is 1. The Morgan fingerprint density at radius 1 is 1.38 bits per heavy atom. The van der Waals surface area contributed by atoms with Gasteiger partial charge in [-0.15, -0.1) is 11.8 Å². The van der Waals surface area contributed by atoms with Crippen LogP contribution in [0.3, 0.4) is 0 Å². The molecule has 16 heavy (non-hydrogen) atoms. The van der Waals surface area contributed by atoms with Crippen LogP contribution in [-0.4, -0.2) is 10.2 Å². The van der Waals surface area contributed by atoms with E-state index < -0.39 is 0 Å². The van der Waals surface area contributed by atoms with Gasteiger partial charge in [0, 0.05) is 21.7 Å². The lowest BCUT2D eigenvalue weighted by Crippen LogP contribution is -1.96. The topological polar surface area (TPSA) is 38.9 Å². The molecule has 3 heteroatoms. The summed E-state index contributed by atoms with van der Waals surface area (Å²) in [7, 11) is 0. The number of hydrogen-bond donors (Lipinski definition) is 1. The second-order valence-electron chi connectivity index (χ2n) is 3.88. The average Bonchev–Trinajstić information content (AvgIpc) is 2.33. The van der Waals surface area contributed by atoms with Gasteiger partial charge in [-0.2, -0.15) is 0 Å². The first-order valence-electron chi connectivity index (χ1n) is 5.52. The number of rotatable bonds is 3. The Kier molecular flexibility index (Phi) is 3.34. The Morgan fingerprint density at radius 2 is 2.19 bits per heavy atom. The number of aromatic nitrogens is 1. The molecule has 0 spiro atoms. The molecule has 0 radical (unpaired) electrons. The zero-order valence-electron chi connectivity index (χ0n) is 9.60. The smallest absolute Gasteiger partial charge is 0.0723 e. The molecule has 0 aliphatic carbocycles. The molecule has 0 fully saturated rings. The molecule has 84 valence electrons. The van der Waals surface area contributed by atoms with Crippen LogP contribution in [0.5, 0.6) is 0 Å². The molecule has 2 rings (SSSR count). The molecule has 2 nitrogen and oxygen atoms in total. The summed E-state index contributed by atoms with van der Waals surface area (Å²) in [6.07, 6.45) is 2.94. The lowest BCUT2D eigenvalue weighted by atomic mass is 10.2. The zero-order valence-corrected chi connectivity index (χ0v) is 10.4. The molecule has 2 aromatic rings. The van der Waals surface area contributed by atoms with Gasteiger partial charge in [0.1, 0.15) is 0 Å². The van der Waals surface area contributed by atoms with E-state index in [1.807, 2.05) is 30.0 Å². The SMILES string of the molecule is CCC(C)Sc1ccc2ncccc2c1N. The van der Waals surface area contributed by atoms with Crippen LogP contribution >= 0.6 is 11.8 Å². The molecule has 0 bridgehead atoms. The summed E-state index contributed by atoms with van der Waals surface area (Å²) >= 11 is 1.83. The van der Waals surface area contributed by atoms with Crippen molar-refractivity contribution in [1.29, 1.82) is 0 Å². The second kappa shape index (κ2) is 4.74. The van der Waals surface area contributed by atoms with Crippen molar-refractivity contribution in [3.8, 4) is 0 Å². The van der Waals surface area contributed by atoms with Crippen molar-refractivity contribution < 1.29 is 0 Å². The van der Waals surface area contributed by atoms with Crippen molar-refractivity contribution >= 4 is 28.4 Å². The summed E-state index contributed by atoms with van der Waals surface area (Å²) in [6.45, 7) is 4.41. The third kappa shape index (κ3) is 2.14. The second-order valence-corrected chi connectivity index (χ2v) is 5.36. The van der Waals surface area contributed by atoms with Crippen LogP contribution in [-0.2, 0) is 0 Å². The first kappa shape index (κ1) is 11.3. The molecule has 1 unspecified atom stereocenters. The summed E-state index contributed by atoms with van der Waals surface area (Å²) in [5.41, 5.74) is 7.98. The zero-order chi connectivity index (χ0) is 11.5. The van der Waals surface area contributed by atoms with Crippen molar-refractivity contribution in [1.82, 2.24) is 4.98 Å². The van der Waals surface area contributed by atoms with Crippen LogP contribution in [0.1, 0.15) is 20.3 Å². The quantitative estimate of drug-likeness (QED) is 0.647. The summed E-state index contributed by atoms with van der Waals surface area (Å²) in [5, 5.41) is 1.65. The van der Waals surface area contributed by atoms with Gasteiger partial charge in [-0.25, -0.2) is 0 Å². The van der Waals surface area contributed by atoms with Gasteiger partial charge in [0.05, 0.1) is 11.2 Å². The van der Waals surface area contributed by atoms with Crippen LogP contribution in [0.25, 0.3) is 10.9 Å². The fourth-order valence-corrected chi connectivity index (χ4v) is 2.54. The van der Waals surface area contributed by atoms with E-state index in [2.05, 4.69) is 24.9 Å². The average molecular weight is 232 g/mol. The number of benzene rings is 1. The fraction of sp³-hybridized carbons (Fsp3) is 0.308. The summed E-state index contributed by atoms with van der Waals surface area (Å²) in [6, 6.07) is 8.06. The minimum absolute atomic E-state index is 0.594. The highest BCUT2D eigenvalue weighted by molar-refractivity contribution is 8.00. The van der Waals surface area contributed by atoms with E-state index in [1.54, 1.807) is 6.20 Å². The first-order valence-corrected chi connectivity index (χ1v) is 6.40. The minimum atomic E-state index is 0.594. The number of hydrogen-bond acceptors (Lipinski definition) is 3. The Labute approximate surface area is 100 Å². The summed E-state index contributed by atoms with van der Waals surface area (Å²) < 4.78 is 0. The third-order valence-electron chi connectivity index (χ3n) is 2.69. The highest BCUT2D eigenvalue weighted by Crippen LogP contribution is 2.34. The predicted octanol–water partition coefficient (Wildman–Crippen LogP) is 3.71. The van der Waals surface area contributed by atoms with Crippen molar-refractivity contribution in [3.63, 3.8) is 0 Å². The summed E-state index contributed by atoms with van der Waals surface area (Å²) in [4.78, 5) is 5.46. The predicted molar refractivity (Wildman–Crippen MR) is 71.8 cm³/mol. The summed E-state index contributed by atoms with van der Waals surface area (Å²) in [5.74, 6) is 0. The van der Waals surface area contributed by atoms with Crippen LogP contribution in [0.2, 0.25) is 0 Å². The van der Waals surface area contributed by atoms with E-state index in [1.165, 1.54) is 0 Å². The van der Waals surface area contributed by atoms with Crippen molar-refractivity contribution in [2.24, 2.45) is 0 Å². The van der Waals surface area contributed by atoms with Crippen molar-refractivity contribution in [3.05, 3.63) is 30.5 Å². The van der Waals surface area contributed by atoms with Crippen molar-refractivity contribution in [2.45, 2.75) is 30.4 Å². The van der Waals surface area contributed by atoms with Gasteiger partial charge in [0.2, 0.25) is 0 Å². The van der Waals surface area contributed by atoms with Crippen LogP contribution in [0, 0.1) is 0 Å². The van der Waals surface area contributed by atoms with E-state index in [0.717, 1.165) is 27.9 Å². The molecule has 1 aromatic heterocycles.